The van der Waals surface area contributed by atoms with E-state index in [-0.39, 0.29) is 6.03 Å². The van der Waals surface area contributed by atoms with Gasteiger partial charge in [0, 0.05) is 5.69 Å². The first-order valence-electron chi connectivity index (χ1n) is 5.28. The van der Waals surface area contributed by atoms with Gasteiger partial charge < -0.3 is 4.90 Å². The molecule has 3 heteroatoms. The van der Waals surface area contributed by atoms with Gasteiger partial charge in [-0.3, -0.25) is 5.32 Å². The monoisotopic (exact) mass is 206 g/mol. The van der Waals surface area contributed by atoms with Gasteiger partial charge in [0.15, 0.2) is 0 Å². The maximum Gasteiger partial charge on any atom is 0.392 e. The second-order valence-corrected chi connectivity index (χ2v) is 3.53. The molecule has 1 unspecified atom stereocenters. The summed E-state index contributed by atoms with van der Waals surface area (Å²) in [7, 11) is 3.78. The zero-order valence-electron chi connectivity index (χ0n) is 9.12. The highest BCUT2D eigenvalue weighted by atomic mass is 16.2. The molecule has 0 aromatic heterocycles. The van der Waals surface area contributed by atoms with E-state index in [1.807, 2.05) is 30.3 Å². The van der Waals surface area contributed by atoms with Gasteiger partial charge in [-0.05, 0) is 18.6 Å². The van der Waals surface area contributed by atoms with Crippen LogP contribution < -0.4 is 10.2 Å². The molecule has 1 aromatic rings. The van der Waals surface area contributed by atoms with E-state index < -0.39 is 0 Å². The lowest BCUT2D eigenvalue weighted by molar-refractivity contribution is -0.762. The number of benzene rings is 1. The largest absolute Gasteiger partial charge is 0.392 e. The number of carbonyl (C=O) groups excluding carboxylic acids is 1. The maximum atomic E-state index is 11.6. The summed E-state index contributed by atoms with van der Waals surface area (Å²) in [5.74, 6) is 0. The molecule has 3 nitrogen and oxygen atoms in total. The number of urea groups is 1. The van der Waals surface area contributed by atoms with E-state index >= 15 is 0 Å². The quantitative estimate of drug-likeness (QED) is 0.722. The van der Waals surface area contributed by atoms with Crippen molar-refractivity contribution in [3.05, 3.63) is 37.4 Å². The molecule has 0 saturated carbocycles. The molecule has 1 rings (SSSR count). The van der Waals surface area contributed by atoms with Crippen molar-refractivity contribution in [1.29, 1.82) is 0 Å². The van der Waals surface area contributed by atoms with Gasteiger partial charge in [-0.2, -0.15) is 0 Å². The van der Waals surface area contributed by atoms with E-state index in [1.165, 1.54) is 0 Å². The zero-order valence-corrected chi connectivity index (χ0v) is 9.12. The predicted molar refractivity (Wildman–Crippen MR) is 61.6 cm³/mol. The topological polar surface area (TPSA) is 33.5 Å². The van der Waals surface area contributed by atoms with Crippen molar-refractivity contribution in [1.82, 2.24) is 0 Å². The average molecular weight is 206 g/mol. The summed E-state index contributed by atoms with van der Waals surface area (Å²) in [6.45, 7) is 2.87. The van der Waals surface area contributed by atoms with Crippen LogP contribution in [0, 0.1) is 7.05 Å². The molecule has 82 valence electrons. The molecular weight excluding hydrogens is 188 g/mol. The Bertz CT molecular complexity index is 298. The van der Waals surface area contributed by atoms with Crippen LogP contribution in [0.3, 0.4) is 0 Å². The molecule has 0 spiro atoms. The van der Waals surface area contributed by atoms with Gasteiger partial charge in [-0.25, -0.2) is 4.79 Å². The van der Waals surface area contributed by atoms with Gasteiger partial charge in [0.2, 0.25) is 0 Å². The number of hydrogen-bond donors (Lipinski definition) is 2. The van der Waals surface area contributed by atoms with Crippen molar-refractivity contribution in [2.45, 2.75) is 19.8 Å². The smallest absolute Gasteiger partial charge is 0.384 e. The maximum absolute atomic E-state index is 11.6. The molecule has 2 N–H and O–H groups in total. The van der Waals surface area contributed by atoms with Crippen LogP contribution in [0.25, 0.3) is 0 Å². The Kier molecular flexibility index (Phi) is 4.84. The first kappa shape index (κ1) is 11.7. The van der Waals surface area contributed by atoms with Crippen LogP contribution in [0.4, 0.5) is 10.5 Å². The second-order valence-electron chi connectivity index (χ2n) is 3.53. The Labute approximate surface area is 91.1 Å². The molecule has 1 atom stereocenters. The van der Waals surface area contributed by atoms with E-state index in [4.69, 9.17) is 0 Å². The minimum absolute atomic E-state index is 0.0744. The standard InChI is InChI=1S/C12H18N2O/c1-3-4-10-14(2)12(15)13-11-8-6-5-7-9-11/h5-9,14H,2-4,10H2,1H3,(H,13,15). The fraction of sp³-hybridized carbons (Fsp3) is 0.333. The van der Waals surface area contributed by atoms with Crippen LogP contribution >= 0.6 is 0 Å². The van der Waals surface area contributed by atoms with Gasteiger partial charge in [0.05, 0.1) is 6.54 Å². The molecule has 0 heterocycles. The van der Waals surface area contributed by atoms with Gasteiger partial charge in [0.25, 0.3) is 0 Å². The molecule has 0 bridgehead atoms. The molecule has 0 radical (unpaired) electrons. The number of anilines is 1. The Morgan fingerprint density at radius 2 is 2.07 bits per heavy atom. The van der Waals surface area contributed by atoms with E-state index in [9.17, 15) is 4.79 Å². The number of rotatable bonds is 4. The van der Waals surface area contributed by atoms with Crippen molar-refractivity contribution in [3.8, 4) is 0 Å². The molecule has 0 aliphatic carbocycles. The molecule has 0 aliphatic rings. The fourth-order valence-corrected chi connectivity index (χ4v) is 1.24. The Morgan fingerprint density at radius 1 is 1.40 bits per heavy atom. The molecule has 0 saturated heterocycles. The minimum Gasteiger partial charge on any atom is -0.384 e. The molecule has 15 heavy (non-hydrogen) atoms. The highest BCUT2D eigenvalue weighted by Crippen LogP contribution is 2.03. The third kappa shape index (κ3) is 4.13. The number of nitrogens with one attached hydrogen (secondary N) is 2. The lowest BCUT2D eigenvalue weighted by atomic mass is 10.3. The number of hydrogen-bond acceptors (Lipinski definition) is 1. The number of para-hydroxylation sites is 1. The summed E-state index contributed by atoms with van der Waals surface area (Å²) in [4.78, 5) is 12.3. The highest BCUT2D eigenvalue weighted by Gasteiger charge is 2.08. The van der Waals surface area contributed by atoms with E-state index in [1.54, 1.807) is 0 Å². The van der Waals surface area contributed by atoms with E-state index in [0.717, 1.165) is 25.1 Å². The van der Waals surface area contributed by atoms with Crippen LogP contribution in [-0.2, 0) is 0 Å². The van der Waals surface area contributed by atoms with Gasteiger partial charge in [0.1, 0.15) is 0 Å². The number of amides is 2. The van der Waals surface area contributed by atoms with Crippen molar-refractivity contribution in [3.63, 3.8) is 0 Å². The third-order valence-corrected chi connectivity index (χ3v) is 2.18. The average Bonchev–Trinajstić information content (AvgIpc) is 2.27. The summed E-state index contributed by atoms with van der Waals surface area (Å²) < 4.78 is 0. The van der Waals surface area contributed by atoms with Gasteiger partial charge in [-0.15, -0.1) is 7.05 Å². The van der Waals surface area contributed by atoms with Crippen molar-refractivity contribution in [2.75, 3.05) is 11.9 Å². The third-order valence-electron chi connectivity index (χ3n) is 2.18. The summed E-state index contributed by atoms with van der Waals surface area (Å²) in [5.41, 5.74) is 0.820. The Hall–Kier alpha value is -1.35. The van der Waals surface area contributed by atoms with Crippen molar-refractivity contribution in [2.24, 2.45) is 0 Å². The normalized spacial score (nSPS) is 12.1. The summed E-state index contributed by atoms with van der Waals surface area (Å²) in [5, 5.41) is 2.81. The minimum atomic E-state index is -0.0744. The SMILES string of the molecule is [CH2-][NH+](CCCC)C(=O)Nc1ccccc1. The molecule has 0 aliphatic heterocycles. The lowest BCUT2D eigenvalue weighted by Crippen LogP contribution is -3.10. The number of carbonyl (C=O) groups is 1. The number of unbranched alkanes of at least 4 members (excludes halogenated alkanes) is 1. The highest BCUT2D eigenvalue weighted by molar-refractivity contribution is 5.82. The summed E-state index contributed by atoms with van der Waals surface area (Å²) >= 11 is 0. The predicted octanol–water partition coefficient (Wildman–Crippen LogP) is 1.70. The van der Waals surface area contributed by atoms with Crippen LogP contribution in [0.5, 0.6) is 0 Å². The van der Waals surface area contributed by atoms with Crippen LogP contribution in [0.15, 0.2) is 30.3 Å². The lowest BCUT2D eigenvalue weighted by Gasteiger charge is -2.17. The van der Waals surface area contributed by atoms with Crippen LogP contribution in [0.1, 0.15) is 19.8 Å². The second kappa shape index (κ2) is 6.19. The number of quaternary nitrogens is 1. The molecule has 2 amide bonds. The first-order chi connectivity index (χ1) is 7.24. The molecule has 1 aromatic carbocycles. The van der Waals surface area contributed by atoms with E-state index in [2.05, 4.69) is 19.3 Å². The summed E-state index contributed by atoms with van der Waals surface area (Å²) in [6, 6.07) is 9.36. The summed E-state index contributed by atoms with van der Waals surface area (Å²) in [6.07, 6.45) is 2.10. The Morgan fingerprint density at radius 3 is 2.67 bits per heavy atom. The zero-order chi connectivity index (χ0) is 11.1. The van der Waals surface area contributed by atoms with Crippen LogP contribution in [0.2, 0.25) is 0 Å². The Balaban J connectivity index is 2.42. The van der Waals surface area contributed by atoms with Gasteiger partial charge in [-0.1, -0.05) is 31.5 Å². The van der Waals surface area contributed by atoms with Crippen molar-refractivity contribution < 1.29 is 9.69 Å². The molecular formula is C12H18N2O. The van der Waals surface area contributed by atoms with Crippen molar-refractivity contribution >= 4 is 11.7 Å². The van der Waals surface area contributed by atoms with Gasteiger partial charge >= 0.3 is 6.03 Å². The first-order valence-corrected chi connectivity index (χ1v) is 5.28. The van der Waals surface area contributed by atoms with E-state index in [0.29, 0.717) is 4.90 Å². The molecule has 0 fully saturated rings. The van der Waals surface area contributed by atoms with Crippen LogP contribution in [-0.4, -0.2) is 12.6 Å². The fourth-order valence-electron chi connectivity index (χ4n) is 1.24.